The Hall–Kier alpha value is -1.88. The van der Waals surface area contributed by atoms with Gasteiger partial charge in [-0.1, -0.05) is 30.3 Å². The lowest BCUT2D eigenvalue weighted by molar-refractivity contribution is -0.161. The third-order valence-corrected chi connectivity index (χ3v) is 3.34. The maximum Gasteiger partial charge on any atom is 0.329 e. The van der Waals surface area contributed by atoms with E-state index in [1.165, 1.54) is 25.9 Å². The second-order valence-electron chi connectivity index (χ2n) is 4.97. The van der Waals surface area contributed by atoms with Gasteiger partial charge in [-0.25, -0.2) is 4.79 Å². The highest BCUT2D eigenvalue weighted by Gasteiger charge is 2.39. The molecule has 0 spiro atoms. The average molecular weight is 279 g/mol. The molecule has 0 saturated carbocycles. The molecule has 1 atom stereocenters. The van der Waals surface area contributed by atoms with Gasteiger partial charge in [-0.2, -0.15) is 0 Å². The number of carbonyl (C=O) groups is 2. The van der Waals surface area contributed by atoms with Crippen LogP contribution in [0.4, 0.5) is 0 Å². The van der Waals surface area contributed by atoms with E-state index in [2.05, 4.69) is 0 Å². The van der Waals surface area contributed by atoms with Gasteiger partial charge in [0.1, 0.15) is 5.54 Å². The van der Waals surface area contributed by atoms with Crippen molar-refractivity contribution in [2.45, 2.75) is 32.4 Å². The van der Waals surface area contributed by atoms with E-state index >= 15 is 0 Å². The largest absolute Gasteiger partial charge is 0.480 e. The van der Waals surface area contributed by atoms with Gasteiger partial charge in [0, 0.05) is 13.7 Å². The van der Waals surface area contributed by atoms with Gasteiger partial charge in [-0.05, 0) is 26.3 Å². The molecule has 1 unspecified atom stereocenters. The third-order valence-electron chi connectivity index (χ3n) is 3.34. The molecule has 1 rings (SSSR count). The van der Waals surface area contributed by atoms with Gasteiger partial charge in [0.15, 0.2) is 6.10 Å². The van der Waals surface area contributed by atoms with Crippen LogP contribution in [0.2, 0.25) is 0 Å². The van der Waals surface area contributed by atoms with Gasteiger partial charge in [-0.3, -0.25) is 4.79 Å². The van der Waals surface area contributed by atoms with Crippen LogP contribution in [0.3, 0.4) is 0 Å². The molecule has 5 nitrogen and oxygen atoms in total. The fraction of sp³-hybridized carbons (Fsp3) is 0.467. The Kier molecular flexibility index (Phi) is 5.27. The zero-order valence-electron chi connectivity index (χ0n) is 12.3. The fourth-order valence-corrected chi connectivity index (χ4v) is 2.09. The number of aliphatic carboxylic acids is 1. The molecule has 1 aromatic rings. The summed E-state index contributed by atoms with van der Waals surface area (Å²) in [5.74, 6) is -1.40. The number of carbonyl (C=O) groups excluding carboxylic acids is 1. The molecule has 1 aromatic carbocycles. The van der Waals surface area contributed by atoms with Gasteiger partial charge in [0.25, 0.3) is 5.91 Å². The Morgan fingerprint density at radius 1 is 1.30 bits per heavy atom. The monoisotopic (exact) mass is 279 g/mol. The van der Waals surface area contributed by atoms with Gasteiger partial charge in [0.05, 0.1) is 0 Å². The average Bonchev–Trinajstić information content (AvgIpc) is 2.41. The summed E-state index contributed by atoms with van der Waals surface area (Å²) < 4.78 is 5.27. The van der Waals surface area contributed by atoms with Crippen LogP contribution in [0, 0.1) is 0 Å². The van der Waals surface area contributed by atoms with E-state index in [-0.39, 0.29) is 5.91 Å². The maximum absolute atomic E-state index is 12.6. The minimum absolute atomic E-state index is 0.296. The van der Waals surface area contributed by atoms with Crippen LogP contribution in [-0.4, -0.2) is 41.1 Å². The van der Waals surface area contributed by atoms with Crippen LogP contribution in [0.1, 0.15) is 32.4 Å². The van der Waals surface area contributed by atoms with Crippen molar-refractivity contribution in [3.63, 3.8) is 0 Å². The highest BCUT2D eigenvalue weighted by atomic mass is 16.5. The van der Waals surface area contributed by atoms with Crippen molar-refractivity contribution in [2.24, 2.45) is 0 Å². The highest BCUT2D eigenvalue weighted by molar-refractivity contribution is 5.89. The number of carboxylic acid groups (broad SMARTS) is 1. The summed E-state index contributed by atoms with van der Waals surface area (Å²) in [5, 5.41) is 9.28. The number of ether oxygens (including phenoxy) is 1. The maximum atomic E-state index is 12.6. The zero-order valence-corrected chi connectivity index (χ0v) is 12.3. The molecule has 0 aromatic heterocycles. The minimum atomic E-state index is -1.28. The van der Waals surface area contributed by atoms with Crippen LogP contribution in [0.25, 0.3) is 0 Å². The second kappa shape index (κ2) is 6.52. The normalized spacial score (nSPS) is 12.8. The first-order chi connectivity index (χ1) is 9.36. The van der Waals surface area contributed by atoms with Crippen molar-refractivity contribution in [3.8, 4) is 0 Å². The predicted molar refractivity (Wildman–Crippen MR) is 75.3 cm³/mol. The number of hydrogen-bond donors (Lipinski definition) is 1. The molecule has 0 fully saturated rings. The lowest BCUT2D eigenvalue weighted by Gasteiger charge is -2.36. The first-order valence-electron chi connectivity index (χ1n) is 6.48. The predicted octanol–water partition coefficient (Wildman–Crippen LogP) is 2.09. The van der Waals surface area contributed by atoms with Crippen molar-refractivity contribution >= 4 is 11.9 Å². The quantitative estimate of drug-likeness (QED) is 0.865. The molecule has 0 aliphatic rings. The van der Waals surface area contributed by atoms with Crippen molar-refractivity contribution in [1.82, 2.24) is 4.90 Å². The molecule has 0 aliphatic heterocycles. The number of methoxy groups -OCH3 is 1. The van der Waals surface area contributed by atoms with E-state index in [1.807, 2.05) is 18.2 Å². The van der Waals surface area contributed by atoms with E-state index in [9.17, 15) is 14.7 Å². The Bertz CT molecular complexity index is 470. The third kappa shape index (κ3) is 3.17. The summed E-state index contributed by atoms with van der Waals surface area (Å²) in [6, 6.07) is 9.04. The fourth-order valence-electron chi connectivity index (χ4n) is 2.09. The number of nitrogens with zero attached hydrogens (tertiary/aromatic N) is 1. The number of hydrogen-bond acceptors (Lipinski definition) is 3. The molecule has 5 heteroatoms. The van der Waals surface area contributed by atoms with Gasteiger partial charge in [0.2, 0.25) is 0 Å². The SMILES string of the molecule is CCN(C(=O)C(OC)c1ccccc1)C(C)(C)C(=O)O. The number of likely N-dealkylation sites (N-methyl/N-ethyl adjacent to an activating group) is 1. The topological polar surface area (TPSA) is 66.8 Å². The van der Waals surface area contributed by atoms with Crippen LogP contribution >= 0.6 is 0 Å². The molecule has 110 valence electrons. The summed E-state index contributed by atoms with van der Waals surface area (Å²) in [5.41, 5.74) is -0.572. The molecular weight excluding hydrogens is 258 g/mol. The second-order valence-corrected chi connectivity index (χ2v) is 4.97. The van der Waals surface area contributed by atoms with Crippen molar-refractivity contribution in [3.05, 3.63) is 35.9 Å². The minimum Gasteiger partial charge on any atom is -0.480 e. The van der Waals surface area contributed by atoms with E-state index in [0.29, 0.717) is 12.1 Å². The number of carboxylic acids is 1. The Balaban J connectivity index is 3.09. The molecule has 20 heavy (non-hydrogen) atoms. The van der Waals surface area contributed by atoms with Crippen LogP contribution in [-0.2, 0) is 14.3 Å². The Morgan fingerprint density at radius 3 is 2.25 bits per heavy atom. The van der Waals surface area contributed by atoms with E-state index < -0.39 is 17.6 Å². The first-order valence-corrected chi connectivity index (χ1v) is 6.48. The van der Waals surface area contributed by atoms with Gasteiger partial charge in [-0.15, -0.1) is 0 Å². The molecule has 0 saturated heterocycles. The van der Waals surface area contributed by atoms with Crippen molar-refractivity contribution in [1.29, 1.82) is 0 Å². The Morgan fingerprint density at radius 2 is 1.85 bits per heavy atom. The zero-order chi connectivity index (χ0) is 15.3. The van der Waals surface area contributed by atoms with E-state index in [0.717, 1.165) is 0 Å². The molecule has 1 amide bonds. The molecule has 0 bridgehead atoms. The summed E-state index contributed by atoms with van der Waals surface area (Å²) in [7, 11) is 1.44. The van der Waals surface area contributed by atoms with Crippen molar-refractivity contribution in [2.75, 3.05) is 13.7 Å². The smallest absolute Gasteiger partial charge is 0.329 e. The van der Waals surface area contributed by atoms with Crippen molar-refractivity contribution < 1.29 is 19.4 Å². The lowest BCUT2D eigenvalue weighted by atomic mass is 10.00. The number of amides is 1. The molecular formula is C15H21NO4. The number of rotatable bonds is 6. The Labute approximate surface area is 119 Å². The molecule has 1 N–H and O–H groups in total. The summed E-state index contributed by atoms with van der Waals surface area (Å²) in [6.07, 6.45) is -0.797. The summed E-state index contributed by atoms with van der Waals surface area (Å²) in [6.45, 7) is 5.06. The number of benzene rings is 1. The first kappa shape index (κ1) is 16.2. The van der Waals surface area contributed by atoms with E-state index in [1.54, 1.807) is 19.1 Å². The lowest BCUT2D eigenvalue weighted by Crippen LogP contribution is -2.54. The van der Waals surface area contributed by atoms with Crippen LogP contribution in [0.5, 0.6) is 0 Å². The van der Waals surface area contributed by atoms with Crippen LogP contribution < -0.4 is 0 Å². The molecule has 0 heterocycles. The summed E-state index contributed by atoms with van der Waals surface area (Å²) >= 11 is 0. The van der Waals surface area contributed by atoms with Gasteiger partial charge >= 0.3 is 5.97 Å². The summed E-state index contributed by atoms with van der Waals surface area (Å²) in [4.78, 5) is 25.2. The van der Waals surface area contributed by atoms with Gasteiger partial charge < -0.3 is 14.7 Å². The van der Waals surface area contributed by atoms with Crippen LogP contribution in [0.15, 0.2) is 30.3 Å². The molecule has 0 aliphatic carbocycles. The van der Waals surface area contributed by atoms with E-state index in [4.69, 9.17) is 4.74 Å². The standard InChI is InChI=1S/C15H21NO4/c1-5-16(15(2,3)14(18)19)13(17)12(20-4)11-9-7-6-8-10-11/h6-10,12H,5H2,1-4H3,(H,18,19). The highest BCUT2D eigenvalue weighted by Crippen LogP contribution is 2.24. The molecule has 0 radical (unpaired) electrons.